The largest absolute Gasteiger partial charge is 0.319 e. The first kappa shape index (κ1) is 11.2. The Hall–Kier alpha value is -0.340. The fraction of sp³-hybridized carbons (Fsp3) is 0.692. The Labute approximate surface area is 96.9 Å². The minimum atomic E-state index is 0.854. The summed E-state index contributed by atoms with van der Waals surface area (Å²) in [6, 6.07) is 2.28. The molecule has 84 valence electrons. The van der Waals surface area contributed by atoms with Crippen LogP contribution in [0.4, 0.5) is 0 Å². The van der Waals surface area contributed by atoms with Gasteiger partial charge in [0.1, 0.15) is 0 Å². The Morgan fingerprint density at radius 3 is 2.87 bits per heavy atom. The zero-order chi connectivity index (χ0) is 10.5. The number of hydrogen-bond acceptors (Lipinski definition) is 2. The highest BCUT2D eigenvalue weighted by molar-refractivity contribution is 7.07. The minimum absolute atomic E-state index is 0.854. The van der Waals surface area contributed by atoms with Crippen LogP contribution in [0.15, 0.2) is 16.8 Å². The monoisotopic (exact) mass is 223 g/mol. The SMILES string of the molecule is CNCC(Cc1ccsc1)C1CCCC1. The second-order valence-corrected chi connectivity index (χ2v) is 5.48. The molecule has 0 bridgehead atoms. The van der Waals surface area contributed by atoms with Crippen LogP contribution >= 0.6 is 11.3 Å². The molecule has 1 aromatic rings. The van der Waals surface area contributed by atoms with Crippen LogP contribution in [0.5, 0.6) is 0 Å². The fourth-order valence-corrected chi connectivity index (χ4v) is 3.49. The van der Waals surface area contributed by atoms with E-state index in [1.54, 1.807) is 0 Å². The highest BCUT2D eigenvalue weighted by atomic mass is 32.1. The van der Waals surface area contributed by atoms with Gasteiger partial charge in [-0.25, -0.2) is 0 Å². The summed E-state index contributed by atoms with van der Waals surface area (Å²) >= 11 is 1.82. The van der Waals surface area contributed by atoms with Crippen molar-refractivity contribution in [1.29, 1.82) is 0 Å². The van der Waals surface area contributed by atoms with Crippen molar-refractivity contribution in [2.45, 2.75) is 32.1 Å². The third kappa shape index (κ3) is 3.05. The standard InChI is InChI=1S/C13H21NS/c1-14-9-13(12-4-2-3-5-12)8-11-6-7-15-10-11/h6-7,10,12-14H,2-5,8-9H2,1H3. The van der Waals surface area contributed by atoms with Crippen LogP contribution in [0, 0.1) is 11.8 Å². The van der Waals surface area contributed by atoms with Crippen LogP contribution < -0.4 is 5.32 Å². The molecule has 1 heterocycles. The molecule has 0 aromatic carbocycles. The quantitative estimate of drug-likeness (QED) is 0.807. The lowest BCUT2D eigenvalue weighted by Gasteiger charge is -2.22. The van der Waals surface area contributed by atoms with Crippen LogP contribution in [0.1, 0.15) is 31.2 Å². The molecular formula is C13H21NS. The Bertz CT molecular complexity index is 262. The molecule has 1 atom stereocenters. The van der Waals surface area contributed by atoms with E-state index in [4.69, 9.17) is 0 Å². The molecule has 0 aliphatic heterocycles. The summed E-state index contributed by atoms with van der Waals surface area (Å²) in [6.45, 7) is 1.18. The van der Waals surface area contributed by atoms with Crippen LogP contribution in [0.2, 0.25) is 0 Å². The van der Waals surface area contributed by atoms with Crippen LogP contribution in [0.25, 0.3) is 0 Å². The van der Waals surface area contributed by atoms with E-state index in [-0.39, 0.29) is 0 Å². The Morgan fingerprint density at radius 2 is 2.27 bits per heavy atom. The zero-order valence-corrected chi connectivity index (χ0v) is 10.4. The van der Waals surface area contributed by atoms with Crippen molar-refractivity contribution in [3.63, 3.8) is 0 Å². The molecule has 1 fully saturated rings. The number of hydrogen-bond donors (Lipinski definition) is 1. The van der Waals surface area contributed by atoms with E-state index in [0.717, 1.165) is 11.8 Å². The van der Waals surface area contributed by atoms with E-state index in [0.29, 0.717) is 0 Å². The van der Waals surface area contributed by atoms with Gasteiger partial charge in [-0.15, -0.1) is 0 Å². The molecule has 0 radical (unpaired) electrons. The number of thiophene rings is 1. The summed E-state index contributed by atoms with van der Waals surface area (Å²) in [6.07, 6.45) is 7.09. The van der Waals surface area contributed by atoms with Crippen LogP contribution in [-0.2, 0) is 6.42 Å². The van der Waals surface area contributed by atoms with E-state index >= 15 is 0 Å². The van der Waals surface area contributed by atoms with Gasteiger partial charge in [-0.2, -0.15) is 11.3 Å². The average Bonchev–Trinajstić information content (AvgIpc) is 2.89. The second-order valence-electron chi connectivity index (χ2n) is 4.70. The molecule has 1 saturated carbocycles. The molecule has 0 amide bonds. The van der Waals surface area contributed by atoms with E-state index in [9.17, 15) is 0 Å². The molecular weight excluding hydrogens is 202 g/mol. The summed E-state index contributed by atoms with van der Waals surface area (Å²) in [5.74, 6) is 1.82. The smallest absolute Gasteiger partial charge is 0.00177 e. The second kappa shape index (κ2) is 5.66. The molecule has 2 rings (SSSR count). The van der Waals surface area contributed by atoms with Crippen molar-refractivity contribution in [2.75, 3.05) is 13.6 Å². The van der Waals surface area contributed by atoms with Gasteiger partial charge in [-0.05, 0) is 54.2 Å². The first-order chi connectivity index (χ1) is 7.40. The average molecular weight is 223 g/mol. The highest BCUT2D eigenvalue weighted by Gasteiger charge is 2.24. The molecule has 1 aliphatic rings. The van der Waals surface area contributed by atoms with Crippen molar-refractivity contribution in [2.24, 2.45) is 11.8 Å². The third-order valence-electron chi connectivity index (χ3n) is 3.61. The topological polar surface area (TPSA) is 12.0 Å². The van der Waals surface area contributed by atoms with Gasteiger partial charge in [0.2, 0.25) is 0 Å². The Balaban J connectivity index is 1.93. The molecule has 1 aromatic heterocycles. The fourth-order valence-electron chi connectivity index (χ4n) is 2.81. The van der Waals surface area contributed by atoms with E-state index in [2.05, 4.69) is 29.2 Å². The maximum atomic E-state index is 3.36. The van der Waals surface area contributed by atoms with Gasteiger partial charge in [0.25, 0.3) is 0 Å². The molecule has 0 saturated heterocycles. The number of rotatable bonds is 5. The summed E-state index contributed by atoms with van der Waals surface area (Å²) in [4.78, 5) is 0. The predicted octanol–water partition coefficient (Wildman–Crippen LogP) is 3.32. The lowest BCUT2D eigenvalue weighted by molar-refractivity contribution is 0.328. The summed E-state index contributed by atoms with van der Waals surface area (Å²) < 4.78 is 0. The highest BCUT2D eigenvalue weighted by Crippen LogP contribution is 2.33. The third-order valence-corrected chi connectivity index (χ3v) is 4.34. The van der Waals surface area contributed by atoms with Gasteiger partial charge in [0.15, 0.2) is 0 Å². The molecule has 0 spiro atoms. The van der Waals surface area contributed by atoms with Crippen molar-refractivity contribution < 1.29 is 0 Å². The van der Waals surface area contributed by atoms with Gasteiger partial charge in [-0.1, -0.05) is 25.7 Å². The van der Waals surface area contributed by atoms with E-state index < -0.39 is 0 Å². The summed E-state index contributed by atoms with van der Waals surface area (Å²) in [5, 5.41) is 7.86. The normalized spacial score (nSPS) is 19.5. The maximum Gasteiger partial charge on any atom is -0.00177 e. The molecule has 1 unspecified atom stereocenters. The van der Waals surface area contributed by atoms with Gasteiger partial charge < -0.3 is 5.32 Å². The zero-order valence-electron chi connectivity index (χ0n) is 9.54. The minimum Gasteiger partial charge on any atom is -0.319 e. The van der Waals surface area contributed by atoms with Crippen molar-refractivity contribution in [3.05, 3.63) is 22.4 Å². The predicted molar refractivity (Wildman–Crippen MR) is 67.4 cm³/mol. The van der Waals surface area contributed by atoms with Crippen LogP contribution in [-0.4, -0.2) is 13.6 Å². The van der Waals surface area contributed by atoms with Crippen molar-refractivity contribution in [1.82, 2.24) is 5.32 Å². The molecule has 2 heteroatoms. The first-order valence-corrected chi connectivity index (χ1v) is 7.00. The van der Waals surface area contributed by atoms with E-state index in [1.165, 1.54) is 44.2 Å². The maximum absolute atomic E-state index is 3.36. The van der Waals surface area contributed by atoms with Crippen LogP contribution in [0.3, 0.4) is 0 Å². The van der Waals surface area contributed by atoms with Gasteiger partial charge in [0, 0.05) is 0 Å². The van der Waals surface area contributed by atoms with Gasteiger partial charge in [-0.3, -0.25) is 0 Å². The Morgan fingerprint density at radius 1 is 1.47 bits per heavy atom. The molecule has 15 heavy (non-hydrogen) atoms. The summed E-state index contributed by atoms with van der Waals surface area (Å²) in [7, 11) is 2.08. The molecule has 1 nitrogen and oxygen atoms in total. The lowest BCUT2D eigenvalue weighted by atomic mass is 9.86. The van der Waals surface area contributed by atoms with Crippen molar-refractivity contribution in [3.8, 4) is 0 Å². The van der Waals surface area contributed by atoms with Gasteiger partial charge in [0.05, 0.1) is 0 Å². The lowest BCUT2D eigenvalue weighted by Crippen LogP contribution is -2.26. The van der Waals surface area contributed by atoms with E-state index in [1.807, 2.05) is 11.3 Å². The van der Waals surface area contributed by atoms with Gasteiger partial charge >= 0.3 is 0 Å². The summed E-state index contributed by atoms with van der Waals surface area (Å²) in [5.41, 5.74) is 1.53. The van der Waals surface area contributed by atoms with Crippen molar-refractivity contribution >= 4 is 11.3 Å². The molecule has 1 N–H and O–H groups in total. The number of nitrogens with one attached hydrogen (secondary N) is 1. The molecule has 1 aliphatic carbocycles. The first-order valence-electron chi connectivity index (χ1n) is 6.06. The Kier molecular flexibility index (Phi) is 4.21.